The van der Waals surface area contributed by atoms with Gasteiger partial charge in [0, 0.05) is 26.2 Å². The van der Waals surface area contributed by atoms with Crippen molar-refractivity contribution in [2.24, 2.45) is 5.92 Å². The van der Waals surface area contributed by atoms with Crippen LogP contribution in [-0.2, 0) is 25.6 Å². The van der Waals surface area contributed by atoms with E-state index in [4.69, 9.17) is 0 Å². The van der Waals surface area contributed by atoms with E-state index < -0.39 is 41.6 Å². The second-order valence-corrected chi connectivity index (χ2v) is 6.77. The Kier molecular flexibility index (Phi) is 7.04. The highest BCUT2D eigenvalue weighted by Crippen LogP contribution is 2.24. The van der Waals surface area contributed by atoms with Gasteiger partial charge in [0.25, 0.3) is 0 Å². The third-order valence-electron chi connectivity index (χ3n) is 4.63. The molecule has 0 unspecified atom stereocenters. The van der Waals surface area contributed by atoms with Crippen molar-refractivity contribution in [2.75, 3.05) is 0 Å². The summed E-state index contributed by atoms with van der Waals surface area (Å²) in [6.45, 7) is 1.22. The maximum atomic E-state index is 13.9. The highest BCUT2D eigenvalue weighted by Gasteiger charge is 2.35. The van der Waals surface area contributed by atoms with E-state index >= 15 is 0 Å². The van der Waals surface area contributed by atoms with E-state index in [0.717, 1.165) is 0 Å². The second-order valence-electron chi connectivity index (χ2n) is 6.77. The van der Waals surface area contributed by atoms with E-state index in [9.17, 15) is 28.7 Å². The third-order valence-corrected chi connectivity index (χ3v) is 4.63. The Labute approximate surface area is 156 Å². The van der Waals surface area contributed by atoms with Gasteiger partial charge in [0.05, 0.1) is 0 Å². The van der Waals surface area contributed by atoms with Crippen molar-refractivity contribution in [3.8, 4) is 0 Å². The summed E-state index contributed by atoms with van der Waals surface area (Å²) in [5.74, 6) is -3.51. The molecule has 8 heteroatoms. The standard InChI is InChI=1S/C19H23FN2O5/c1-11(23)21-16(10-12-5-2-3-8-15(12)20)18(25)22-17(19(26)27)13-6-4-7-14(24)9-13/h2-3,5,8,13,16-17H,4,6-7,9-10H2,1H3,(H,21,23)(H,22,25)(H,26,27)/t13-,16-,17-/m0/s1. The van der Waals surface area contributed by atoms with E-state index in [2.05, 4.69) is 10.6 Å². The molecule has 1 fully saturated rings. The zero-order valence-electron chi connectivity index (χ0n) is 15.0. The number of benzene rings is 1. The number of nitrogens with one attached hydrogen (secondary N) is 2. The zero-order chi connectivity index (χ0) is 20.0. The van der Waals surface area contributed by atoms with E-state index in [-0.39, 0.29) is 24.2 Å². The van der Waals surface area contributed by atoms with Crippen LogP contribution in [0.15, 0.2) is 24.3 Å². The normalized spacial score (nSPS) is 19.0. The average molecular weight is 378 g/mol. The molecule has 1 aliphatic rings. The maximum Gasteiger partial charge on any atom is 0.326 e. The van der Waals surface area contributed by atoms with Crippen LogP contribution >= 0.6 is 0 Å². The Morgan fingerprint density at radius 1 is 1.26 bits per heavy atom. The van der Waals surface area contributed by atoms with Crippen LogP contribution in [0.3, 0.4) is 0 Å². The number of rotatable bonds is 7. The summed E-state index contributed by atoms with van der Waals surface area (Å²) in [5, 5.41) is 14.3. The summed E-state index contributed by atoms with van der Waals surface area (Å²) < 4.78 is 13.9. The molecule has 1 aromatic rings. The quantitative estimate of drug-likeness (QED) is 0.660. The van der Waals surface area contributed by atoms with Crippen molar-refractivity contribution in [3.05, 3.63) is 35.6 Å². The van der Waals surface area contributed by atoms with Gasteiger partial charge in [-0.25, -0.2) is 9.18 Å². The van der Waals surface area contributed by atoms with Crippen LogP contribution in [-0.4, -0.2) is 40.8 Å². The minimum absolute atomic E-state index is 0.0310. The Morgan fingerprint density at radius 2 is 1.96 bits per heavy atom. The van der Waals surface area contributed by atoms with Crippen molar-refractivity contribution < 1.29 is 28.7 Å². The fraction of sp³-hybridized carbons (Fsp3) is 0.474. The number of hydrogen-bond acceptors (Lipinski definition) is 4. The number of aliphatic carboxylic acids is 1. The van der Waals surface area contributed by atoms with E-state index in [1.54, 1.807) is 6.07 Å². The number of carbonyl (C=O) groups is 4. The van der Waals surface area contributed by atoms with Gasteiger partial charge < -0.3 is 15.7 Å². The summed E-state index contributed by atoms with van der Waals surface area (Å²) in [6, 6.07) is 3.48. The second kappa shape index (κ2) is 9.25. The fourth-order valence-corrected chi connectivity index (χ4v) is 3.32. The molecule has 0 heterocycles. The van der Waals surface area contributed by atoms with Gasteiger partial charge in [-0.15, -0.1) is 0 Å². The lowest BCUT2D eigenvalue weighted by molar-refractivity contribution is -0.144. The molecule has 0 spiro atoms. The van der Waals surface area contributed by atoms with Crippen LogP contribution in [0.5, 0.6) is 0 Å². The molecule has 0 aromatic heterocycles. The maximum absolute atomic E-state index is 13.9. The van der Waals surface area contributed by atoms with Crippen molar-refractivity contribution in [2.45, 2.75) is 51.1 Å². The smallest absolute Gasteiger partial charge is 0.326 e. The molecule has 1 aliphatic carbocycles. The molecule has 2 rings (SSSR count). The first kappa shape index (κ1) is 20.5. The Balaban J connectivity index is 2.15. The Hall–Kier alpha value is -2.77. The predicted octanol–water partition coefficient (Wildman–Crippen LogP) is 1.20. The van der Waals surface area contributed by atoms with Gasteiger partial charge in [-0.3, -0.25) is 14.4 Å². The molecule has 7 nitrogen and oxygen atoms in total. The predicted molar refractivity (Wildman–Crippen MR) is 94.2 cm³/mol. The molecule has 0 aliphatic heterocycles. The zero-order valence-corrected chi connectivity index (χ0v) is 15.0. The Morgan fingerprint density at radius 3 is 2.56 bits per heavy atom. The molecule has 146 valence electrons. The summed E-state index contributed by atoms with van der Waals surface area (Å²) in [7, 11) is 0. The van der Waals surface area contributed by atoms with Crippen LogP contribution in [0.2, 0.25) is 0 Å². The molecule has 27 heavy (non-hydrogen) atoms. The van der Waals surface area contributed by atoms with Gasteiger partial charge in [0.1, 0.15) is 23.7 Å². The van der Waals surface area contributed by atoms with Crippen LogP contribution in [0.25, 0.3) is 0 Å². The van der Waals surface area contributed by atoms with Crippen molar-refractivity contribution in [1.29, 1.82) is 0 Å². The fourth-order valence-electron chi connectivity index (χ4n) is 3.32. The molecule has 2 amide bonds. The minimum Gasteiger partial charge on any atom is -0.480 e. The summed E-state index contributed by atoms with van der Waals surface area (Å²) >= 11 is 0. The van der Waals surface area contributed by atoms with Crippen molar-refractivity contribution in [1.82, 2.24) is 10.6 Å². The lowest BCUT2D eigenvalue weighted by Crippen LogP contribution is -2.54. The molecule has 3 N–H and O–H groups in total. The SMILES string of the molecule is CC(=O)N[C@@H](Cc1ccccc1F)C(=O)N[C@H](C(=O)O)[C@H]1CCCC(=O)C1. The lowest BCUT2D eigenvalue weighted by Gasteiger charge is -2.29. The number of Topliss-reactive ketones (excluding diaryl/α,β-unsaturated/α-hetero) is 1. The van der Waals surface area contributed by atoms with Gasteiger partial charge in [0.2, 0.25) is 11.8 Å². The van der Waals surface area contributed by atoms with E-state index in [1.165, 1.54) is 25.1 Å². The van der Waals surface area contributed by atoms with Crippen LogP contribution in [0.1, 0.15) is 38.2 Å². The molecular formula is C19H23FN2O5. The highest BCUT2D eigenvalue weighted by molar-refractivity contribution is 5.90. The first-order chi connectivity index (χ1) is 12.8. The van der Waals surface area contributed by atoms with Gasteiger partial charge in [0.15, 0.2) is 0 Å². The summed E-state index contributed by atoms with van der Waals surface area (Å²) in [6.07, 6.45) is 1.48. The topological polar surface area (TPSA) is 113 Å². The third kappa shape index (κ3) is 5.87. The van der Waals surface area contributed by atoms with Crippen LogP contribution in [0.4, 0.5) is 4.39 Å². The van der Waals surface area contributed by atoms with E-state index in [1.807, 2.05) is 0 Å². The summed E-state index contributed by atoms with van der Waals surface area (Å²) in [4.78, 5) is 47.4. The monoisotopic (exact) mass is 378 g/mol. The highest BCUT2D eigenvalue weighted by atomic mass is 19.1. The molecular weight excluding hydrogens is 355 g/mol. The van der Waals surface area contributed by atoms with Gasteiger partial charge in [-0.05, 0) is 30.4 Å². The number of carbonyl (C=O) groups excluding carboxylic acids is 3. The number of carboxylic acid groups (broad SMARTS) is 1. The summed E-state index contributed by atoms with van der Waals surface area (Å²) in [5.41, 5.74) is 0.228. The number of halogens is 1. The molecule has 0 saturated heterocycles. The van der Waals surface area contributed by atoms with Gasteiger partial charge in [-0.1, -0.05) is 18.2 Å². The molecule has 0 bridgehead atoms. The Bertz CT molecular complexity index is 737. The molecule has 0 radical (unpaired) electrons. The van der Waals surface area contributed by atoms with Crippen LogP contribution in [0, 0.1) is 11.7 Å². The lowest BCUT2D eigenvalue weighted by atomic mass is 9.83. The van der Waals surface area contributed by atoms with Crippen molar-refractivity contribution in [3.63, 3.8) is 0 Å². The number of hydrogen-bond donors (Lipinski definition) is 3. The molecule has 1 saturated carbocycles. The van der Waals surface area contributed by atoms with Crippen molar-refractivity contribution >= 4 is 23.6 Å². The molecule has 3 atom stereocenters. The first-order valence-corrected chi connectivity index (χ1v) is 8.83. The number of ketones is 1. The molecule has 1 aromatic carbocycles. The number of amides is 2. The first-order valence-electron chi connectivity index (χ1n) is 8.83. The largest absolute Gasteiger partial charge is 0.480 e. The van der Waals surface area contributed by atoms with Gasteiger partial charge >= 0.3 is 5.97 Å². The number of carboxylic acids is 1. The van der Waals surface area contributed by atoms with Crippen LogP contribution < -0.4 is 10.6 Å². The van der Waals surface area contributed by atoms with E-state index in [0.29, 0.717) is 19.3 Å². The minimum atomic E-state index is -1.24. The van der Waals surface area contributed by atoms with Gasteiger partial charge in [-0.2, -0.15) is 0 Å². The average Bonchev–Trinajstić information content (AvgIpc) is 2.60.